The zero-order chi connectivity index (χ0) is 14.7. The van der Waals surface area contributed by atoms with E-state index in [1.165, 1.54) is 0 Å². The van der Waals surface area contributed by atoms with Gasteiger partial charge in [-0.1, -0.05) is 0 Å². The van der Waals surface area contributed by atoms with Crippen LogP contribution in [0.5, 0.6) is 0 Å². The molecule has 0 N–H and O–H groups in total. The van der Waals surface area contributed by atoms with Crippen molar-refractivity contribution in [2.45, 2.75) is 29.3 Å². The first-order valence-corrected chi connectivity index (χ1v) is 4.37. The van der Waals surface area contributed by atoms with Crippen LogP contribution in [-0.2, 0) is 0 Å². The monoisotopic (exact) mass is 310 g/mol. The second-order valence-corrected chi connectivity index (χ2v) is 3.81. The van der Waals surface area contributed by atoms with Crippen molar-refractivity contribution in [2.75, 3.05) is 0 Å². The van der Waals surface area contributed by atoms with Gasteiger partial charge in [0.2, 0.25) is 0 Å². The predicted molar refractivity (Wildman–Crippen MR) is 38.7 cm³/mol. The molecular weight excluding hydrogens is 310 g/mol. The molecule has 1 atom stereocenters. The first kappa shape index (κ1) is 15.4. The lowest BCUT2D eigenvalue weighted by Gasteiger charge is -2.39. The highest BCUT2D eigenvalue weighted by Gasteiger charge is 2.79. The van der Waals surface area contributed by atoms with E-state index in [4.69, 9.17) is 0 Å². The summed E-state index contributed by atoms with van der Waals surface area (Å²) in [5.41, 5.74) is -3.91. The number of halogens is 11. The SMILES string of the molecule is FC1=C(C(F)(F)F)C(F)(F)C(F)(F)C(Cl)C1(F)F. The van der Waals surface area contributed by atoms with Crippen LogP contribution in [0, 0.1) is 0 Å². The summed E-state index contributed by atoms with van der Waals surface area (Å²) in [6.45, 7) is 0. The Bertz CT molecular complexity index is 392. The van der Waals surface area contributed by atoms with Crippen molar-refractivity contribution in [1.82, 2.24) is 0 Å². The van der Waals surface area contributed by atoms with Gasteiger partial charge in [0.1, 0.15) is 5.57 Å². The molecule has 0 aromatic heterocycles. The normalized spacial score (nSPS) is 30.5. The number of hydrogen-bond acceptors (Lipinski definition) is 0. The summed E-state index contributed by atoms with van der Waals surface area (Å²) in [6, 6.07) is 0. The quantitative estimate of drug-likeness (QED) is 0.462. The van der Waals surface area contributed by atoms with Crippen LogP contribution in [0.25, 0.3) is 0 Å². The molecule has 0 heterocycles. The van der Waals surface area contributed by atoms with E-state index in [-0.39, 0.29) is 0 Å². The van der Waals surface area contributed by atoms with E-state index in [2.05, 4.69) is 11.6 Å². The van der Waals surface area contributed by atoms with Crippen LogP contribution < -0.4 is 0 Å². The highest BCUT2D eigenvalue weighted by Crippen LogP contribution is 2.59. The van der Waals surface area contributed by atoms with Crippen LogP contribution in [0.3, 0.4) is 0 Å². The van der Waals surface area contributed by atoms with Crippen molar-refractivity contribution in [1.29, 1.82) is 0 Å². The fraction of sp³-hybridized carbons (Fsp3) is 0.714. The zero-order valence-electron chi connectivity index (χ0n) is 7.73. The molecule has 1 unspecified atom stereocenters. The number of hydrogen-bond donors (Lipinski definition) is 0. The lowest BCUT2D eigenvalue weighted by atomic mass is 9.87. The van der Waals surface area contributed by atoms with E-state index in [9.17, 15) is 43.9 Å². The molecule has 0 aliphatic heterocycles. The fourth-order valence-corrected chi connectivity index (χ4v) is 1.50. The van der Waals surface area contributed by atoms with Crippen molar-refractivity contribution in [3.63, 3.8) is 0 Å². The molecule has 0 aromatic rings. The summed E-state index contributed by atoms with van der Waals surface area (Å²) in [6.07, 6.45) is -6.39. The van der Waals surface area contributed by atoms with Gasteiger partial charge in [0.25, 0.3) is 0 Å². The second kappa shape index (κ2) is 3.67. The van der Waals surface area contributed by atoms with E-state index in [0.29, 0.717) is 0 Å². The van der Waals surface area contributed by atoms with E-state index < -0.39 is 40.7 Å². The topological polar surface area (TPSA) is 0 Å². The van der Waals surface area contributed by atoms with Gasteiger partial charge in [-0.2, -0.15) is 39.5 Å². The average molecular weight is 311 g/mol. The summed E-state index contributed by atoms with van der Waals surface area (Å²) >= 11 is 4.27. The van der Waals surface area contributed by atoms with Crippen molar-refractivity contribution in [3.8, 4) is 0 Å². The molecule has 0 nitrogen and oxygen atoms in total. The molecule has 0 fully saturated rings. The Kier molecular flexibility index (Phi) is 3.14. The molecule has 18 heavy (non-hydrogen) atoms. The third-order valence-electron chi connectivity index (χ3n) is 2.16. The van der Waals surface area contributed by atoms with E-state index in [1.54, 1.807) is 0 Å². The van der Waals surface area contributed by atoms with Crippen molar-refractivity contribution in [2.24, 2.45) is 0 Å². The Morgan fingerprint density at radius 2 is 1.33 bits per heavy atom. The summed E-state index contributed by atoms with van der Waals surface area (Å²) in [5.74, 6) is -21.4. The number of rotatable bonds is 0. The second-order valence-electron chi connectivity index (χ2n) is 3.37. The van der Waals surface area contributed by atoms with Crippen molar-refractivity contribution < 1.29 is 43.9 Å². The minimum absolute atomic E-state index is 3.70. The highest BCUT2D eigenvalue weighted by atomic mass is 35.5. The van der Waals surface area contributed by atoms with Crippen LogP contribution in [0.1, 0.15) is 0 Å². The van der Waals surface area contributed by atoms with Gasteiger partial charge in [-0.25, -0.2) is 4.39 Å². The smallest absolute Gasteiger partial charge is 0.205 e. The van der Waals surface area contributed by atoms with Gasteiger partial charge < -0.3 is 0 Å². The van der Waals surface area contributed by atoms with Crippen molar-refractivity contribution in [3.05, 3.63) is 11.4 Å². The van der Waals surface area contributed by atoms with E-state index in [0.717, 1.165) is 0 Å². The van der Waals surface area contributed by atoms with E-state index in [1.807, 2.05) is 0 Å². The Morgan fingerprint density at radius 1 is 0.944 bits per heavy atom. The Balaban J connectivity index is 3.68. The molecule has 0 radical (unpaired) electrons. The van der Waals surface area contributed by atoms with Crippen LogP contribution >= 0.6 is 11.6 Å². The van der Waals surface area contributed by atoms with Gasteiger partial charge in [0.15, 0.2) is 11.2 Å². The molecule has 1 aliphatic rings. The van der Waals surface area contributed by atoms with Gasteiger partial charge in [-0.05, 0) is 0 Å². The lowest BCUT2D eigenvalue weighted by molar-refractivity contribution is -0.254. The molecular formula is C7HClF10. The van der Waals surface area contributed by atoms with Crippen LogP contribution in [0.4, 0.5) is 43.9 Å². The third-order valence-corrected chi connectivity index (χ3v) is 2.71. The van der Waals surface area contributed by atoms with Gasteiger partial charge in [-0.3, -0.25) is 0 Å². The van der Waals surface area contributed by atoms with Crippen molar-refractivity contribution >= 4 is 11.6 Å². The lowest BCUT2D eigenvalue weighted by Crippen LogP contribution is -2.61. The largest absolute Gasteiger partial charge is 0.421 e. The molecule has 0 saturated carbocycles. The Labute approximate surface area is 97.2 Å². The summed E-state index contributed by atoms with van der Waals surface area (Å²) < 4.78 is 125. The standard InChI is InChI=1S/C7HClF10/c8-3-4(10,11)2(9)1(7(16,17)18)5(12,13)6(3,14)15/h3H. The maximum Gasteiger partial charge on any atom is 0.421 e. The summed E-state index contributed by atoms with van der Waals surface area (Å²) in [5, 5.41) is -4.13. The zero-order valence-corrected chi connectivity index (χ0v) is 8.49. The van der Waals surface area contributed by atoms with E-state index >= 15 is 0 Å². The fourth-order valence-electron chi connectivity index (χ4n) is 1.27. The summed E-state index contributed by atoms with van der Waals surface area (Å²) in [7, 11) is 0. The third kappa shape index (κ3) is 1.76. The first-order valence-electron chi connectivity index (χ1n) is 3.94. The molecule has 0 amide bonds. The van der Waals surface area contributed by atoms with Gasteiger partial charge in [0.05, 0.1) is 0 Å². The van der Waals surface area contributed by atoms with Crippen LogP contribution in [0.15, 0.2) is 11.4 Å². The number of allylic oxidation sites excluding steroid dienone is 2. The minimum atomic E-state index is -6.39. The van der Waals surface area contributed by atoms with Gasteiger partial charge in [0, 0.05) is 0 Å². The average Bonchev–Trinajstić information content (AvgIpc) is 2.11. The Morgan fingerprint density at radius 3 is 1.67 bits per heavy atom. The van der Waals surface area contributed by atoms with Crippen LogP contribution in [0.2, 0.25) is 0 Å². The van der Waals surface area contributed by atoms with Crippen LogP contribution in [-0.4, -0.2) is 29.3 Å². The molecule has 1 aliphatic carbocycles. The summed E-state index contributed by atoms with van der Waals surface area (Å²) in [4.78, 5) is 0. The first-order chi connectivity index (χ1) is 7.68. The molecule has 106 valence electrons. The number of alkyl halides is 10. The maximum absolute atomic E-state index is 12.8. The molecule has 0 aromatic carbocycles. The van der Waals surface area contributed by atoms with Gasteiger partial charge >= 0.3 is 23.9 Å². The van der Waals surface area contributed by atoms with Gasteiger partial charge in [-0.15, -0.1) is 11.6 Å². The highest BCUT2D eigenvalue weighted by molar-refractivity contribution is 6.22. The molecule has 0 spiro atoms. The molecule has 0 saturated heterocycles. The predicted octanol–water partition coefficient (Wildman–Crippen LogP) is 4.30. The Hall–Kier alpha value is -0.670. The molecule has 1 rings (SSSR count). The maximum atomic E-state index is 12.8. The minimum Gasteiger partial charge on any atom is -0.205 e. The molecule has 0 bridgehead atoms. The molecule has 11 heteroatoms.